The van der Waals surface area contributed by atoms with Crippen LogP contribution in [0.1, 0.15) is 23.4 Å². The summed E-state index contributed by atoms with van der Waals surface area (Å²) in [5.74, 6) is -0.519. The largest absolute Gasteiger partial charge is 0.458 e. The molecule has 3 aromatic rings. The highest BCUT2D eigenvalue weighted by atomic mass is 35.5. The number of ether oxygens (including phenoxy) is 1. The van der Waals surface area contributed by atoms with E-state index in [2.05, 4.69) is 11.6 Å². The minimum Gasteiger partial charge on any atom is -0.458 e. The molecule has 0 unspecified atom stereocenters. The van der Waals surface area contributed by atoms with E-state index in [4.69, 9.17) is 27.9 Å². The lowest BCUT2D eigenvalue weighted by atomic mass is 10.0. The molecule has 1 aromatic carbocycles. The van der Waals surface area contributed by atoms with Gasteiger partial charge in [0.2, 0.25) is 0 Å². The molecule has 31 heavy (non-hydrogen) atoms. The van der Waals surface area contributed by atoms with Crippen molar-refractivity contribution in [3.63, 3.8) is 0 Å². The molecule has 0 bridgehead atoms. The number of halogens is 2. The van der Waals surface area contributed by atoms with Crippen LogP contribution in [-0.4, -0.2) is 17.1 Å². The van der Waals surface area contributed by atoms with E-state index in [0.717, 1.165) is 4.88 Å². The Hall–Kier alpha value is -2.45. The Morgan fingerprint density at radius 2 is 2.16 bits per heavy atom. The standard InChI is InChI=1S/C22H16Cl2N2O3S2/c1-3-8-29-21(28)18-12(2)25-22-26(19(18)16-5-4-9-30-16)20(27)17(31-22)10-13-6-7-14(23)11-15(13)24/h3-7,9-11,19H,1,8H2,2H3/b17-10+/t19-/m0/s1. The average Bonchev–Trinajstić information content (AvgIpc) is 3.36. The van der Waals surface area contributed by atoms with Crippen molar-refractivity contribution >= 4 is 57.9 Å². The number of hydrogen-bond acceptors (Lipinski definition) is 6. The fourth-order valence-corrected chi connectivity index (χ4v) is 5.59. The summed E-state index contributed by atoms with van der Waals surface area (Å²) in [6.07, 6.45) is 3.21. The zero-order chi connectivity index (χ0) is 22.1. The summed E-state index contributed by atoms with van der Waals surface area (Å²) in [6, 6.07) is 8.24. The van der Waals surface area contributed by atoms with Crippen LogP contribution in [0.25, 0.3) is 6.08 Å². The number of hydrogen-bond donors (Lipinski definition) is 0. The van der Waals surface area contributed by atoms with Crippen LogP contribution in [0.4, 0.5) is 0 Å². The number of allylic oxidation sites excluding steroid dienone is 1. The molecular formula is C22H16Cl2N2O3S2. The number of aromatic nitrogens is 1. The predicted octanol–water partition coefficient (Wildman–Crippen LogP) is 4.33. The van der Waals surface area contributed by atoms with Crippen LogP contribution in [0.2, 0.25) is 10.0 Å². The molecule has 0 radical (unpaired) electrons. The van der Waals surface area contributed by atoms with Gasteiger partial charge in [0.1, 0.15) is 12.6 Å². The molecule has 4 rings (SSSR count). The Balaban J connectivity index is 1.92. The molecular weight excluding hydrogens is 475 g/mol. The minimum atomic E-state index is -0.614. The maximum absolute atomic E-state index is 13.4. The second-order valence-electron chi connectivity index (χ2n) is 6.65. The van der Waals surface area contributed by atoms with E-state index >= 15 is 0 Å². The number of nitrogens with zero attached hydrogens (tertiary/aromatic N) is 2. The fraction of sp³-hybridized carbons (Fsp3) is 0.136. The van der Waals surface area contributed by atoms with Gasteiger partial charge in [-0.2, -0.15) is 0 Å². The van der Waals surface area contributed by atoms with Crippen molar-refractivity contribution in [1.82, 2.24) is 4.57 Å². The van der Waals surface area contributed by atoms with Crippen molar-refractivity contribution < 1.29 is 9.53 Å². The number of carbonyl (C=O) groups is 1. The number of carbonyl (C=O) groups excluding carboxylic acids is 1. The van der Waals surface area contributed by atoms with Crippen molar-refractivity contribution in [2.45, 2.75) is 13.0 Å². The van der Waals surface area contributed by atoms with E-state index in [9.17, 15) is 9.59 Å². The molecule has 0 aliphatic carbocycles. The number of benzene rings is 1. The molecule has 0 fully saturated rings. The van der Waals surface area contributed by atoms with Gasteiger partial charge in [0.25, 0.3) is 5.56 Å². The minimum absolute atomic E-state index is 0.0757. The van der Waals surface area contributed by atoms with Gasteiger partial charge in [-0.15, -0.1) is 11.3 Å². The SMILES string of the molecule is C=CCOC(=O)C1=C(C)N=c2s/c(=C/c3ccc(Cl)cc3Cl)c(=O)n2[C@H]1c1cccs1. The van der Waals surface area contributed by atoms with E-state index in [0.29, 0.717) is 36.2 Å². The van der Waals surface area contributed by atoms with Gasteiger partial charge in [0.15, 0.2) is 4.80 Å². The van der Waals surface area contributed by atoms with Gasteiger partial charge in [0, 0.05) is 14.9 Å². The van der Waals surface area contributed by atoms with Gasteiger partial charge >= 0.3 is 5.97 Å². The first-order valence-corrected chi connectivity index (χ1v) is 11.6. The third-order valence-corrected chi connectivity index (χ3v) is 7.11. The van der Waals surface area contributed by atoms with E-state index in [1.54, 1.807) is 35.8 Å². The van der Waals surface area contributed by atoms with Crippen LogP contribution < -0.4 is 14.9 Å². The van der Waals surface area contributed by atoms with Gasteiger partial charge in [-0.3, -0.25) is 9.36 Å². The summed E-state index contributed by atoms with van der Waals surface area (Å²) < 4.78 is 7.30. The van der Waals surface area contributed by atoms with Crippen LogP contribution in [0.5, 0.6) is 0 Å². The molecule has 1 atom stereocenters. The Morgan fingerprint density at radius 3 is 2.84 bits per heavy atom. The Kier molecular flexibility index (Phi) is 6.29. The topological polar surface area (TPSA) is 60.7 Å². The summed E-state index contributed by atoms with van der Waals surface area (Å²) in [5, 5.41) is 2.86. The van der Waals surface area contributed by atoms with Crippen LogP contribution in [0.15, 0.2) is 69.4 Å². The summed E-state index contributed by atoms with van der Waals surface area (Å²) in [4.78, 5) is 32.2. The maximum atomic E-state index is 13.4. The molecule has 0 spiro atoms. The maximum Gasteiger partial charge on any atom is 0.338 e. The predicted molar refractivity (Wildman–Crippen MR) is 126 cm³/mol. The zero-order valence-electron chi connectivity index (χ0n) is 16.3. The first-order valence-electron chi connectivity index (χ1n) is 9.19. The highest BCUT2D eigenvalue weighted by molar-refractivity contribution is 7.10. The van der Waals surface area contributed by atoms with Gasteiger partial charge in [0.05, 0.1) is 15.8 Å². The summed E-state index contributed by atoms with van der Waals surface area (Å²) in [5.41, 5.74) is 1.28. The van der Waals surface area contributed by atoms with Gasteiger partial charge in [-0.1, -0.05) is 59.3 Å². The number of rotatable bonds is 5. The molecule has 0 saturated heterocycles. The zero-order valence-corrected chi connectivity index (χ0v) is 19.4. The second kappa shape index (κ2) is 8.96. The molecule has 5 nitrogen and oxygen atoms in total. The highest BCUT2D eigenvalue weighted by Crippen LogP contribution is 2.33. The molecule has 1 aliphatic rings. The molecule has 158 valence electrons. The van der Waals surface area contributed by atoms with E-state index in [-0.39, 0.29) is 12.2 Å². The number of fused-ring (bicyclic) bond motifs is 1. The normalized spacial score (nSPS) is 16.1. The number of esters is 1. The van der Waals surface area contributed by atoms with Gasteiger partial charge in [-0.25, -0.2) is 9.79 Å². The van der Waals surface area contributed by atoms with Crippen LogP contribution in [-0.2, 0) is 9.53 Å². The van der Waals surface area contributed by atoms with Gasteiger partial charge < -0.3 is 4.74 Å². The monoisotopic (exact) mass is 490 g/mol. The van der Waals surface area contributed by atoms with Crippen molar-refractivity contribution in [1.29, 1.82) is 0 Å². The van der Waals surface area contributed by atoms with E-state index in [1.807, 2.05) is 17.5 Å². The molecule has 1 aliphatic heterocycles. The smallest absolute Gasteiger partial charge is 0.338 e. The van der Waals surface area contributed by atoms with Crippen molar-refractivity contribution in [2.75, 3.05) is 6.61 Å². The Labute approximate surface area is 195 Å². The first-order chi connectivity index (χ1) is 14.9. The van der Waals surface area contributed by atoms with E-state index < -0.39 is 12.0 Å². The molecule has 0 N–H and O–H groups in total. The van der Waals surface area contributed by atoms with Crippen LogP contribution >= 0.6 is 45.9 Å². The fourth-order valence-electron chi connectivity index (χ4n) is 3.27. The Bertz CT molecular complexity index is 1380. The first kappa shape index (κ1) is 21.8. The lowest BCUT2D eigenvalue weighted by Crippen LogP contribution is -2.39. The summed E-state index contributed by atoms with van der Waals surface area (Å²) >= 11 is 15.0. The quantitative estimate of drug-likeness (QED) is 0.394. The number of thiophene rings is 1. The second-order valence-corrected chi connectivity index (χ2v) is 9.48. The molecule has 2 aromatic heterocycles. The van der Waals surface area contributed by atoms with Crippen molar-refractivity contribution in [3.05, 3.63) is 99.8 Å². The summed E-state index contributed by atoms with van der Waals surface area (Å²) in [6.45, 7) is 5.40. The molecule has 0 saturated carbocycles. The summed E-state index contributed by atoms with van der Waals surface area (Å²) in [7, 11) is 0. The highest BCUT2D eigenvalue weighted by Gasteiger charge is 2.33. The molecule has 3 heterocycles. The van der Waals surface area contributed by atoms with Gasteiger partial charge in [-0.05, 0) is 42.1 Å². The third kappa shape index (κ3) is 4.19. The third-order valence-electron chi connectivity index (χ3n) is 4.64. The molecule has 0 amide bonds. The number of thiazole rings is 1. The lowest BCUT2D eigenvalue weighted by Gasteiger charge is -2.23. The van der Waals surface area contributed by atoms with Crippen LogP contribution in [0, 0.1) is 0 Å². The Morgan fingerprint density at radius 1 is 1.35 bits per heavy atom. The van der Waals surface area contributed by atoms with E-state index in [1.165, 1.54) is 28.7 Å². The van der Waals surface area contributed by atoms with Crippen molar-refractivity contribution in [2.24, 2.45) is 4.99 Å². The lowest BCUT2D eigenvalue weighted by molar-refractivity contribution is -0.138. The average molecular weight is 491 g/mol. The van der Waals surface area contributed by atoms with Crippen molar-refractivity contribution in [3.8, 4) is 0 Å². The molecule has 9 heteroatoms. The van der Waals surface area contributed by atoms with Crippen LogP contribution in [0.3, 0.4) is 0 Å².